The van der Waals surface area contributed by atoms with Crippen LogP contribution in [0, 0.1) is 22.7 Å². The van der Waals surface area contributed by atoms with Crippen LogP contribution >= 0.6 is 0 Å². The minimum atomic E-state index is -0.0930. The molecule has 0 aliphatic heterocycles. The van der Waals surface area contributed by atoms with E-state index in [1.54, 1.807) is 5.57 Å². The van der Waals surface area contributed by atoms with Crippen molar-refractivity contribution in [1.82, 2.24) is 0 Å². The van der Waals surface area contributed by atoms with Crippen LogP contribution < -0.4 is 0 Å². The molecule has 4 rings (SSSR count). The lowest BCUT2D eigenvalue weighted by Crippen LogP contribution is -2.44. The summed E-state index contributed by atoms with van der Waals surface area (Å²) in [5.41, 5.74) is 4.26. The van der Waals surface area contributed by atoms with E-state index in [2.05, 4.69) is 26.0 Å². The van der Waals surface area contributed by atoms with Crippen LogP contribution in [0.4, 0.5) is 0 Å². The molecule has 4 aliphatic rings. The molecule has 20 heavy (non-hydrogen) atoms. The van der Waals surface area contributed by atoms with Gasteiger partial charge in [-0.3, -0.25) is 0 Å². The maximum Gasteiger partial charge on any atom is 0.0578 e. The first-order valence-electron chi connectivity index (χ1n) is 8.62. The van der Waals surface area contributed by atoms with Crippen molar-refractivity contribution in [3.8, 4) is 0 Å². The second-order valence-corrected chi connectivity index (χ2v) is 8.36. The zero-order valence-electron chi connectivity index (χ0n) is 13.0. The Bertz CT molecular complexity index is 488. The Morgan fingerprint density at radius 2 is 1.85 bits per heavy atom. The highest BCUT2D eigenvalue weighted by molar-refractivity contribution is 5.38. The second kappa shape index (κ2) is 4.22. The average Bonchev–Trinajstić information content (AvgIpc) is 2.81. The predicted molar refractivity (Wildman–Crippen MR) is 82.3 cm³/mol. The molecule has 0 radical (unpaired) electrons. The zero-order chi connectivity index (χ0) is 14.0. The standard InChI is InChI=1S/C19H28O/c1-18-9-3-4-16(18)15-6-5-13-12-14(20)7-11-19(13,2)17(15)8-10-18/h5-6,14,16-17,20H,3-4,7-12H2,1-2H3/t14-,16-,17+,18-,19+/m0/s1. The molecule has 0 aromatic carbocycles. The van der Waals surface area contributed by atoms with Gasteiger partial charge in [-0.2, -0.15) is 0 Å². The fraction of sp³-hybridized carbons (Fsp3) is 0.789. The summed E-state index contributed by atoms with van der Waals surface area (Å²) in [6.45, 7) is 5.02. The van der Waals surface area contributed by atoms with Gasteiger partial charge in [0.1, 0.15) is 0 Å². The summed E-state index contributed by atoms with van der Waals surface area (Å²) in [6, 6.07) is 0. The Labute approximate surface area is 123 Å². The van der Waals surface area contributed by atoms with E-state index < -0.39 is 0 Å². The summed E-state index contributed by atoms with van der Waals surface area (Å²) < 4.78 is 0. The molecule has 0 aromatic rings. The van der Waals surface area contributed by atoms with Gasteiger partial charge in [-0.15, -0.1) is 0 Å². The van der Waals surface area contributed by atoms with E-state index in [0.29, 0.717) is 10.8 Å². The van der Waals surface area contributed by atoms with E-state index in [1.807, 2.05) is 0 Å². The largest absolute Gasteiger partial charge is 0.393 e. The van der Waals surface area contributed by atoms with Gasteiger partial charge >= 0.3 is 0 Å². The Balaban J connectivity index is 1.74. The van der Waals surface area contributed by atoms with Crippen LogP contribution in [0.15, 0.2) is 23.3 Å². The quantitative estimate of drug-likeness (QED) is 0.682. The topological polar surface area (TPSA) is 20.2 Å². The van der Waals surface area contributed by atoms with Gasteiger partial charge in [0.25, 0.3) is 0 Å². The van der Waals surface area contributed by atoms with E-state index in [-0.39, 0.29) is 6.10 Å². The van der Waals surface area contributed by atoms with Gasteiger partial charge < -0.3 is 5.11 Å². The van der Waals surface area contributed by atoms with E-state index in [1.165, 1.54) is 44.1 Å². The second-order valence-electron chi connectivity index (χ2n) is 8.36. The summed E-state index contributed by atoms with van der Waals surface area (Å²) in [6.07, 6.45) is 14.9. The highest BCUT2D eigenvalue weighted by atomic mass is 16.3. The number of aliphatic hydroxyl groups is 1. The molecule has 0 saturated heterocycles. The lowest BCUT2D eigenvalue weighted by Gasteiger charge is -2.53. The molecule has 0 spiro atoms. The van der Waals surface area contributed by atoms with Crippen molar-refractivity contribution in [3.63, 3.8) is 0 Å². The van der Waals surface area contributed by atoms with Crippen LogP contribution in [0.1, 0.15) is 65.2 Å². The number of allylic oxidation sites excluding steroid dienone is 3. The van der Waals surface area contributed by atoms with E-state index in [9.17, 15) is 5.11 Å². The summed E-state index contributed by atoms with van der Waals surface area (Å²) in [5, 5.41) is 9.99. The first-order chi connectivity index (χ1) is 9.53. The summed E-state index contributed by atoms with van der Waals surface area (Å²) in [4.78, 5) is 0. The van der Waals surface area contributed by atoms with Crippen LogP contribution in [0.2, 0.25) is 0 Å². The SMILES string of the molecule is C[C@@]12CCC[C@H]1C1=CC=C3C[C@@H](O)CC[C@@]3(C)[C@@H]1CC2. The fourth-order valence-corrected chi connectivity index (χ4v) is 5.97. The highest BCUT2D eigenvalue weighted by Crippen LogP contribution is 2.63. The van der Waals surface area contributed by atoms with Crippen LogP contribution in [0.5, 0.6) is 0 Å². The molecule has 0 heterocycles. The van der Waals surface area contributed by atoms with Gasteiger partial charge in [0.05, 0.1) is 6.10 Å². The maximum absolute atomic E-state index is 9.99. The molecule has 1 heteroatoms. The van der Waals surface area contributed by atoms with Gasteiger partial charge in [0, 0.05) is 0 Å². The number of rotatable bonds is 0. The minimum absolute atomic E-state index is 0.0930. The molecule has 5 atom stereocenters. The maximum atomic E-state index is 9.99. The van der Waals surface area contributed by atoms with E-state index in [0.717, 1.165) is 24.7 Å². The van der Waals surface area contributed by atoms with E-state index >= 15 is 0 Å². The Hall–Kier alpha value is -0.560. The van der Waals surface area contributed by atoms with Crippen molar-refractivity contribution < 1.29 is 5.11 Å². The number of hydrogen-bond donors (Lipinski definition) is 1. The van der Waals surface area contributed by atoms with Crippen molar-refractivity contribution in [2.24, 2.45) is 22.7 Å². The molecule has 110 valence electrons. The molecule has 0 aromatic heterocycles. The molecule has 3 fully saturated rings. The van der Waals surface area contributed by atoms with Crippen LogP contribution in [-0.2, 0) is 0 Å². The molecule has 0 bridgehead atoms. The van der Waals surface area contributed by atoms with Crippen molar-refractivity contribution in [1.29, 1.82) is 0 Å². The van der Waals surface area contributed by atoms with Crippen LogP contribution in [-0.4, -0.2) is 11.2 Å². The van der Waals surface area contributed by atoms with Gasteiger partial charge in [-0.1, -0.05) is 43.6 Å². The van der Waals surface area contributed by atoms with Gasteiger partial charge in [-0.25, -0.2) is 0 Å². The average molecular weight is 272 g/mol. The normalized spacial score (nSPS) is 50.6. The van der Waals surface area contributed by atoms with Crippen LogP contribution in [0.25, 0.3) is 0 Å². The lowest BCUT2D eigenvalue weighted by atomic mass is 9.51. The Morgan fingerprint density at radius 1 is 1.00 bits per heavy atom. The molecule has 3 saturated carbocycles. The third kappa shape index (κ3) is 1.65. The summed E-state index contributed by atoms with van der Waals surface area (Å²) in [5.74, 6) is 1.62. The minimum Gasteiger partial charge on any atom is -0.393 e. The summed E-state index contributed by atoms with van der Waals surface area (Å²) >= 11 is 0. The van der Waals surface area contributed by atoms with Gasteiger partial charge in [-0.05, 0) is 67.6 Å². The molecule has 1 nitrogen and oxygen atoms in total. The first kappa shape index (κ1) is 13.1. The fourth-order valence-electron chi connectivity index (χ4n) is 5.97. The number of fused-ring (bicyclic) bond motifs is 5. The first-order valence-corrected chi connectivity index (χ1v) is 8.62. The number of aliphatic hydroxyl groups excluding tert-OH is 1. The van der Waals surface area contributed by atoms with Crippen LogP contribution in [0.3, 0.4) is 0 Å². The molecule has 0 unspecified atom stereocenters. The Kier molecular flexibility index (Phi) is 2.77. The number of hydrogen-bond acceptors (Lipinski definition) is 1. The molecular weight excluding hydrogens is 244 g/mol. The predicted octanol–water partition coefficient (Wildman–Crippen LogP) is 4.62. The van der Waals surface area contributed by atoms with Gasteiger partial charge in [0.15, 0.2) is 0 Å². The Morgan fingerprint density at radius 3 is 2.70 bits per heavy atom. The molecule has 1 N–H and O–H groups in total. The molecule has 0 amide bonds. The monoisotopic (exact) mass is 272 g/mol. The summed E-state index contributed by atoms with van der Waals surface area (Å²) in [7, 11) is 0. The third-order valence-corrected chi connectivity index (χ3v) is 7.32. The van der Waals surface area contributed by atoms with Crippen molar-refractivity contribution >= 4 is 0 Å². The van der Waals surface area contributed by atoms with Crippen molar-refractivity contribution in [2.45, 2.75) is 71.3 Å². The van der Waals surface area contributed by atoms with Crippen molar-refractivity contribution in [3.05, 3.63) is 23.3 Å². The smallest absolute Gasteiger partial charge is 0.0578 e. The molecular formula is C19H28O. The highest BCUT2D eigenvalue weighted by Gasteiger charge is 2.52. The van der Waals surface area contributed by atoms with E-state index in [4.69, 9.17) is 0 Å². The zero-order valence-corrected chi connectivity index (χ0v) is 13.0. The lowest BCUT2D eigenvalue weighted by molar-refractivity contribution is 0.0585. The van der Waals surface area contributed by atoms with Gasteiger partial charge in [0.2, 0.25) is 0 Å². The molecule has 4 aliphatic carbocycles. The van der Waals surface area contributed by atoms with Crippen molar-refractivity contribution in [2.75, 3.05) is 0 Å². The third-order valence-electron chi connectivity index (χ3n) is 7.32.